The number of rotatable bonds is 6. The Balaban J connectivity index is 1.31. The number of carbonyl (C=O) groups is 1. The largest absolute Gasteiger partial charge is 0.346 e. The van der Waals surface area contributed by atoms with Crippen molar-refractivity contribution in [3.8, 4) is 5.82 Å². The summed E-state index contributed by atoms with van der Waals surface area (Å²) in [4.78, 5) is 22.1. The van der Waals surface area contributed by atoms with Gasteiger partial charge in [0.25, 0.3) is 5.91 Å². The molecule has 0 unspecified atom stereocenters. The highest BCUT2D eigenvalue weighted by Gasteiger charge is 2.29. The molecule has 0 radical (unpaired) electrons. The van der Waals surface area contributed by atoms with Crippen molar-refractivity contribution < 1.29 is 22.7 Å². The van der Waals surface area contributed by atoms with Gasteiger partial charge < -0.3 is 14.8 Å². The van der Waals surface area contributed by atoms with E-state index in [0.29, 0.717) is 62.0 Å². The maximum atomic E-state index is 13.3. The number of piperidine rings is 1. The molecule has 4 aromatic rings. The van der Waals surface area contributed by atoms with Crippen molar-refractivity contribution in [3.63, 3.8) is 0 Å². The van der Waals surface area contributed by atoms with Crippen LogP contribution < -0.4 is 5.32 Å². The zero-order valence-corrected chi connectivity index (χ0v) is 21.4. The molecule has 0 aromatic carbocycles. The van der Waals surface area contributed by atoms with Gasteiger partial charge in [0.05, 0.1) is 31.4 Å². The van der Waals surface area contributed by atoms with E-state index in [4.69, 9.17) is 14.6 Å². The second-order valence-electron chi connectivity index (χ2n) is 9.23. The van der Waals surface area contributed by atoms with E-state index < -0.39 is 16.3 Å². The van der Waals surface area contributed by atoms with Gasteiger partial charge in [0.15, 0.2) is 17.8 Å². The maximum absolute atomic E-state index is 13.3. The predicted molar refractivity (Wildman–Crippen MR) is 135 cm³/mol. The fourth-order valence-electron chi connectivity index (χ4n) is 4.73. The van der Waals surface area contributed by atoms with E-state index in [0.717, 1.165) is 11.3 Å². The first-order chi connectivity index (χ1) is 18.4. The van der Waals surface area contributed by atoms with Gasteiger partial charge in [-0.2, -0.15) is 14.9 Å². The molecule has 38 heavy (non-hydrogen) atoms. The molecule has 13 nitrogen and oxygen atoms in total. The average Bonchev–Trinajstić information content (AvgIpc) is 3.68. The van der Waals surface area contributed by atoms with Gasteiger partial charge in [-0.3, -0.25) is 4.79 Å². The summed E-state index contributed by atoms with van der Waals surface area (Å²) in [6.45, 7) is 1.89. The first kappa shape index (κ1) is 24.6. The highest BCUT2D eigenvalue weighted by atomic mass is 32.2. The molecular formula is C24H26N8O5S. The molecule has 0 atom stereocenters. The van der Waals surface area contributed by atoms with Gasteiger partial charge in [0.2, 0.25) is 10.0 Å². The molecule has 6 heterocycles. The monoisotopic (exact) mass is 538 g/mol. The molecular weight excluding hydrogens is 512 g/mol. The molecule has 4 aromatic heterocycles. The summed E-state index contributed by atoms with van der Waals surface area (Å²) >= 11 is 0. The molecule has 0 saturated carbocycles. The third-order valence-electron chi connectivity index (χ3n) is 6.72. The molecule has 2 aliphatic rings. The van der Waals surface area contributed by atoms with Gasteiger partial charge in [-0.1, -0.05) is 0 Å². The number of anilines is 1. The van der Waals surface area contributed by atoms with Crippen LogP contribution in [0.15, 0.2) is 49.1 Å². The van der Waals surface area contributed by atoms with E-state index in [-0.39, 0.29) is 11.8 Å². The Bertz CT molecular complexity index is 1570. The lowest BCUT2D eigenvalue weighted by Crippen LogP contribution is -2.37. The molecule has 14 heteroatoms. The highest BCUT2D eigenvalue weighted by Crippen LogP contribution is 2.31. The first-order valence-corrected chi connectivity index (χ1v) is 14.1. The molecule has 6 rings (SSSR count). The zero-order valence-electron chi connectivity index (χ0n) is 20.6. The minimum absolute atomic E-state index is 0.0307. The number of fused-ring (bicyclic) bond motifs is 1. The fourth-order valence-corrected chi connectivity index (χ4v) is 5.60. The van der Waals surface area contributed by atoms with Crippen LogP contribution in [-0.4, -0.2) is 80.6 Å². The van der Waals surface area contributed by atoms with Crippen LogP contribution in [0.3, 0.4) is 0 Å². The number of nitrogens with one attached hydrogen (secondary N) is 1. The van der Waals surface area contributed by atoms with Crippen LogP contribution >= 0.6 is 0 Å². The number of sulfonamides is 1. The fraction of sp³-hybridized carbons (Fsp3) is 0.375. The van der Waals surface area contributed by atoms with Crippen LogP contribution in [0, 0.1) is 0 Å². The molecule has 1 amide bonds. The normalized spacial score (nSPS) is 17.8. The van der Waals surface area contributed by atoms with Gasteiger partial charge >= 0.3 is 0 Å². The Morgan fingerprint density at radius 3 is 2.61 bits per heavy atom. The highest BCUT2D eigenvalue weighted by molar-refractivity contribution is 7.88. The van der Waals surface area contributed by atoms with E-state index in [9.17, 15) is 13.2 Å². The van der Waals surface area contributed by atoms with E-state index in [2.05, 4.69) is 20.4 Å². The summed E-state index contributed by atoms with van der Waals surface area (Å²) in [7, 11) is -3.24. The Morgan fingerprint density at radius 1 is 1.11 bits per heavy atom. The van der Waals surface area contributed by atoms with Gasteiger partial charge in [-0.25, -0.2) is 27.2 Å². The van der Waals surface area contributed by atoms with Crippen molar-refractivity contribution >= 4 is 27.4 Å². The number of hydrogen-bond donors (Lipinski definition) is 1. The molecule has 1 N–H and O–H groups in total. The lowest BCUT2D eigenvalue weighted by Gasteiger charge is -2.29. The third-order valence-corrected chi connectivity index (χ3v) is 8.02. The Hall–Kier alpha value is -3.72. The number of carbonyl (C=O) groups excluding carboxylic acids is 1. The lowest BCUT2D eigenvalue weighted by molar-refractivity contribution is -0.0443. The minimum atomic E-state index is -3.24. The number of aromatic nitrogens is 6. The molecule has 198 valence electrons. The lowest BCUT2D eigenvalue weighted by atomic mass is 9.95. The molecule has 0 spiro atoms. The number of hydrogen-bond acceptors (Lipinski definition) is 9. The summed E-state index contributed by atoms with van der Waals surface area (Å²) in [6.07, 6.45) is 8.47. The molecule has 2 fully saturated rings. The Labute approximate surface area is 218 Å². The standard InChI is InChI=1S/C24H26N8O5S/c1-38(34,35)30-9-5-16(6-10-30)19-13-21(28-23(33)18-15-27-31-8-2-7-25-22(18)31)32(29-19)20-4-3-17(14-26-20)24-36-11-12-37-24/h2-4,7-8,13-16,24H,5-6,9-12H2,1H3,(H,28,33). The van der Waals surface area contributed by atoms with Crippen molar-refractivity contribution in [2.75, 3.05) is 37.9 Å². The van der Waals surface area contributed by atoms with E-state index >= 15 is 0 Å². The summed E-state index contributed by atoms with van der Waals surface area (Å²) in [5.74, 6) is 0.574. The smallest absolute Gasteiger partial charge is 0.262 e. The zero-order chi connectivity index (χ0) is 26.3. The second kappa shape index (κ2) is 9.87. The van der Waals surface area contributed by atoms with Crippen LogP contribution in [0.2, 0.25) is 0 Å². The number of ether oxygens (including phenoxy) is 2. The van der Waals surface area contributed by atoms with Crippen molar-refractivity contribution in [3.05, 3.63) is 65.9 Å². The van der Waals surface area contributed by atoms with Gasteiger partial charge in [-0.05, 0) is 31.0 Å². The minimum Gasteiger partial charge on any atom is -0.346 e. The molecule has 2 saturated heterocycles. The van der Waals surface area contributed by atoms with Crippen LogP contribution in [0.25, 0.3) is 11.5 Å². The SMILES string of the molecule is CS(=O)(=O)N1CCC(c2cc(NC(=O)c3cnn4cccnc34)n(-c3ccc(C4OCCO4)cn3)n2)CC1. The molecule has 0 bridgehead atoms. The van der Waals surface area contributed by atoms with Crippen LogP contribution in [0.4, 0.5) is 5.82 Å². The van der Waals surface area contributed by atoms with Crippen LogP contribution in [0.1, 0.15) is 46.7 Å². The van der Waals surface area contributed by atoms with Gasteiger partial charge in [-0.15, -0.1) is 0 Å². The predicted octanol–water partition coefficient (Wildman–Crippen LogP) is 1.75. The van der Waals surface area contributed by atoms with Gasteiger partial charge in [0, 0.05) is 49.2 Å². The Morgan fingerprint density at radius 2 is 1.89 bits per heavy atom. The number of pyridine rings is 1. The number of amides is 1. The number of nitrogens with zero attached hydrogens (tertiary/aromatic N) is 7. The maximum Gasteiger partial charge on any atom is 0.262 e. The quantitative estimate of drug-likeness (QED) is 0.388. The third kappa shape index (κ3) is 4.78. The Kier molecular flexibility index (Phi) is 6.39. The van der Waals surface area contributed by atoms with E-state index in [1.165, 1.54) is 21.3 Å². The van der Waals surface area contributed by atoms with Crippen molar-refractivity contribution in [2.24, 2.45) is 0 Å². The van der Waals surface area contributed by atoms with Crippen LogP contribution in [0.5, 0.6) is 0 Å². The summed E-state index contributed by atoms with van der Waals surface area (Å²) in [5, 5.41) is 11.9. The van der Waals surface area contributed by atoms with E-state index in [1.54, 1.807) is 35.4 Å². The second-order valence-corrected chi connectivity index (χ2v) is 11.2. The summed E-state index contributed by atoms with van der Waals surface area (Å²) in [6, 6.07) is 7.19. The summed E-state index contributed by atoms with van der Waals surface area (Å²) in [5.41, 5.74) is 2.29. The molecule has 0 aliphatic carbocycles. The molecule has 2 aliphatic heterocycles. The van der Waals surface area contributed by atoms with E-state index in [1.807, 2.05) is 12.1 Å². The van der Waals surface area contributed by atoms with Crippen molar-refractivity contribution in [1.82, 2.24) is 33.7 Å². The van der Waals surface area contributed by atoms with Gasteiger partial charge in [0.1, 0.15) is 11.4 Å². The van der Waals surface area contributed by atoms with Crippen molar-refractivity contribution in [2.45, 2.75) is 25.0 Å². The topological polar surface area (TPSA) is 146 Å². The summed E-state index contributed by atoms with van der Waals surface area (Å²) < 4.78 is 39.6. The average molecular weight is 539 g/mol. The first-order valence-electron chi connectivity index (χ1n) is 12.2. The van der Waals surface area contributed by atoms with Crippen LogP contribution in [-0.2, 0) is 19.5 Å². The van der Waals surface area contributed by atoms with Crippen molar-refractivity contribution in [1.29, 1.82) is 0 Å².